The van der Waals surface area contributed by atoms with Crippen LogP contribution in [0.3, 0.4) is 0 Å². The van der Waals surface area contributed by atoms with Gasteiger partial charge in [0.1, 0.15) is 0 Å². The number of carbonyl (C=O) groups is 1. The Balaban J connectivity index is 1.91. The van der Waals surface area contributed by atoms with E-state index in [1.807, 2.05) is 45.9 Å². The Labute approximate surface area is 148 Å². The second-order valence-electron chi connectivity index (χ2n) is 7.60. The van der Waals surface area contributed by atoms with Crippen LogP contribution in [0.4, 0.5) is 0 Å². The molecular weight excluding hydrogens is 324 g/mol. The van der Waals surface area contributed by atoms with Crippen molar-refractivity contribution in [3.8, 4) is 0 Å². The number of hydrogen-bond acceptors (Lipinski definition) is 3. The third kappa shape index (κ3) is 2.89. The van der Waals surface area contributed by atoms with Crippen LogP contribution in [-0.4, -0.2) is 24.2 Å². The van der Waals surface area contributed by atoms with E-state index in [9.17, 15) is 4.79 Å². The van der Waals surface area contributed by atoms with E-state index in [1.165, 1.54) is 6.08 Å². The lowest BCUT2D eigenvalue weighted by Gasteiger charge is -2.32. The molecule has 3 rings (SSSR count). The van der Waals surface area contributed by atoms with Crippen molar-refractivity contribution in [2.75, 3.05) is 0 Å². The number of amides is 1. The van der Waals surface area contributed by atoms with Gasteiger partial charge in [0.05, 0.1) is 16.7 Å². The molecule has 0 spiro atoms. The third-order valence-electron chi connectivity index (χ3n) is 5.33. The van der Waals surface area contributed by atoms with Gasteiger partial charge in [-0.25, -0.2) is 0 Å². The molecule has 1 aliphatic heterocycles. The summed E-state index contributed by atoms with van der Waals surface area (Å²) in [5.41, 5.74) is 0.623. The molecular formula is C18H23BClNO3. The Bertz CT molecular complexity index is 682. The first-order valence-corrected chi connectivity index (χ1v) is 8.58. The minimum atomic E-state index is -0.447. The maximum absolute atomic E-state index is 11.7. The van der Waals surface area contributed by atoms with E-state index in [0.29, 0.717) is 5.02 Å². The van der Waals surface area contributed by atoms with Gasteiger partial charge < -0.3 is 14.6 Å². The van der Waals surface area contributed by atoms with Crippen LogP contribution >= 0.6 is 11.6 Å². The van der Waals surface area contributed by atoms with Gasteiger partial charge in [0, 0.05) is 5.02 Å². The van der Waals surface area contributed by atoms with Crippen LogP contribution in [0.25, 0.3) is 0 Å². The molecule has 0 bridgehead atoms. The summed E-state index contributed by atoms with van der Waals surface area (Å²) in [6.07, 6.45) is 3.00. The molecule has 6 heteroatoms. The summed E-state index contributed by atoms with van der Waals surface area (Å²) < 4.78 is 12.2. The van der Waals surface area contributed by atoms with Crippen molar-refractivity contribution >= 4 is 30.1 Å². The molecule has 0 radical (unpaired) electrons. The SMILES string of the molecule is C=CC(=O)NC1(c2cc(B3OC(C)(C)C(C)(C)O3)ccc2Cl)CC1. The highest BCUT2D eigenvalue weighted by Crippen LogP contribution is 2.48. The molecule has 2 fully saturated rings. The maximum atomic E-state index is 11.7. The average Bonchev–Trinajstić information content (AvgIpc) is 3.22. The fourth-order valence-electron chi connectivity index (χ4n) is 2.91. The number of halogens is 1. The third-order valence-corrected chi connectivity index (χ3v) is 5.66. The minimum absolute atomic E-state index is 0.190. The monoisotopic (exact) mass is 347 g/mol. The summed E-state index contributed by atoms with van der Waals surface area (Å²) in [5, 5.41) is 3.64. The van der Waals surface area contributed by atoms with Gasteiger partial charge in [-0.3, -0.25) is 4.79 Å². The first-order chi connectivity index (χ1) is 11.1. The molecule has 1 aromatic carbocycles. The molecule has 1 saturated carbocycles. The summed E-state index contributed by atoms with van der Waals surface area (Å²) >= 11 is 6.41. The highest BCUT2D eigenvalue weighted by molar-refractivity contribution is 6.62. The van der Waals surface area contributed by atoms with Gasteiger partial charge in [0.15, 0.2) is 0 Å². The molecule has 0 unspecified atom stereocenters. The molecule has 2 aliphatic rings. The summed E-state index contributed by atoms with van der Waals surface area (Å²) in [4.78, 5) is 11.7. The van der Waals surface area contributed by atoms with Crippen LogP contribution < -0.4 is 10.8 Å². The van der Waals surface area contributed by atoms with E-state index < -0.39 is 23.9 Å². The highest BCUT2D eigenvalue weighted by atomic mass is 35.5. The molecule has 1 heterocycles. The Hall–Kier alpha value is -1.30. The Morgan fingerprint density at radius 1 is 1.25 bits per heavy atom. The average molecular weight is 348 g/mol. The summed E-state index contributed by atoms with van der Waals surface area (Å²) in [6, 6.07) is 5.75. The molecule has 24 heavy (non-hydrogen) atoms. The first-order valence-electron chi connectivity index (χ1n) is 8.20. The molecule has 1 amide bonds. The smallest absolute Gasteiger partial charge is 0.399 e. The summed E-state index contributed by atoms with van der Waals surface area (Å²) in [5.74, 6) is -0.190. The van der Waals surface area contributed by atoms with E-state index in [-0.39, 0.29) is 5.91 Å². The standard InChI is InChI=1S/C18H23BClNO3/c1-6-15(22)21-18(9-10-18)13-11-12(7-8-14(13)20)19-23-16(2,3)17(4,5)24-19/h6-8,11H,1,9-10H2,2-5H3,(H,21,22). The number of rotatable bonds is 4. The lowest BCUT2D eigenvalue weighted by atomic mass is 9.77. The van der Waals surface area contributed by atoms with Crippen LogP contribution in [-0.2, 0) is 19.6 Å². The second-order valence-corrected chi connectivity index (χ2v) is 8.01. The topological polar surface area (TPSA) is 47.6 Å². The fraction of sp³-hybridized carbons (Fsp3) is 0.500. The van der Waals surface area contributed by atoms with E-state index in [2.05, 4.69) is 11.9 Å². The van der Waals surface area contributed by atoms with Gasteiger partial charge in [0.2, 0.25) is 5.91 Å². The molecule has 0 atom stereocenters. The van der Waals surface area contributed by atoms with Crippen LogP contribution in [0.1, 0.15) is 46.1 Å². The number of hydrogen-bond donors (Lipinski definition) is 1. The van der Waals surface area contributed by atoms with Crippen molar-refractivity contribution < 1.29 is 14.1 Å². The summed E-state index contributed by atoms with van der Waals surface area (Å²) in [7, 11) is -0.447. The zero-order chi connectivity index (χ0) is 17.8. The molecule has 1 aromatic rings. The molecule has 1 saturated heterocycles. The zero-order valence-corrected chi connectivity index (χ0v) is 15.4. The largest absolute Gasteiger partial charge is 0.494 e. The van der Waals surface area contributed by atoms with Gasteiger partial charge in [-0.15, -0.1) is 0 Å². The molecule has 1 aliphatic carbocycles. The van der Waals surface area contributed by atoms with Gasteiger partial charge in [-0.1, -0.05) is 30.3 Å². The number of carbonyl (C=O) groups excluding carboxylic acids is 1. The summed E-state index contributed by atoms with van der Waals surface area (Å²) in [6.45, 7) is 11.6. The number of nitrogens with one attached hydrogen (secondary N) is 1. The second kappa shape index (κ2) is 5.62. The van der Waals surface area contributed by atoms with Gasteiger partial charge in [0.25, 0.3) is 0 Å². The normalized spacial score (nSPS) is 23.0. The lowest BCUT2D eigenvalue weighted by molar-refractivity contribution is -0.117. The predicted octanol–water partition coefficient (Wildman–Crippen LogP) is 2.93. The molecule has 128 valence electrons. The molecule has 4 nitrogen and oxygen atoms in total. The quantitative estimate of drug-likeness (QED) is 0.673. The number of benzene rings is 1. The van der Waals surface area contributed by atoms with Crippen LogP contribution in [0.15, 0.2) is 30.9 Å². The van der Waals surface area contributed by atoms with E-state index in [4.69, 9.17) is 20.9 Å². The molecule has 0 aromatic heterocycles. The van der Waals surface area contributed by atoms with Crippen molar-refractivity contribution in [2.45, 2.75) is 57.3 Å². The van der Waals surface area contributed by atoms with Crippen molar-refractivity contribution in [1.82, 2.24) is 5.32 Å². The van der Waals surface area contributed by atoms with Crippen molar-refractivity contribution in [2.24, 2.45) is 0 Å². The molecule has 1 N–H and O–H groups in total. The van der Waals surface area contributed by atoms with Crippen molar-refractivity contribution in [3.05, 3.63) is 41.4 Å². The lowest BCUT2D eigenvalue weighted by Crippen LogP contribution is -2.41. The Morgan fingerprint density at radius 2 is 1.83 bits per heavy atom. The van der Waals surface area contributed by atoms with E-state index in [1.54, 1.807) is 0 Å². The van der Waals surface area contributed by atoms with Crippen molar-refractivity contribution in [3.63, 3.8) is 0 Å². The van der Waals surface area contributed by atoms with Crippen LogP contribution in [0.2, 0.25) is 5.02 Å². The van der Waals surface area contributed by atoms with Crippen LogP contribution in [0, 0.1) is 0 Å². The minimum Gasteiger partial charge on any atom is -0.399 e. The highest BCUT2D eigenvalue weighted by Gasteiger charge is 2.52. The predicted molar refractivity (Wildman–Crippen MR) is 96.4 cm³/mol. The van der Waals surface area contributed by atoms with Gasteiger partial charge in [-0.05, 0) is 63.7 Å². The van der Waals surface area contributed by atoms with Gasteiger partial charge >= 0.3 is 7.12 Å². The van der Waals surface area contributed by atoms with E-state index in [0.717, 1.165) is 23.9 Å². The van der Waals surface area contributed by atoms with Crippen molar-refractivity contribution in [1.29, 1.82) is 0 Å². The fourth-order valence-corrected chi connectivity index (χ4v) is 3.21. The van der Waals surface area contributed by atoms with Gasteiger partial charge in [-0.2, -0.15) is 0 Å². The van der Waals surface area contributed by atoms with Crippen LogP contribution in [0.5, 0.6) is 0 Å². The zero-order valence-electron chi connectivity index (χ0n) is 14.6. The first kappa shape index (κ1) is 17.5. The van der Waals surface area contributed by atoms with E-state index >= 15 is 0 Å². The maximum Gasteiger partial charge on any atom is 0.494 e. The Kier molecular flexibility index (Phi) is 4.10. The Morgan fingerprint density at radius 3 is 2.33 bits per heavy atom.